The van der Waals surface area contributed by atoms with Gasteiger partial charge in [0.25, 0.3) is 0 Å². The fourth-order valence-corrected chi connectivity index (χ4v) is 4.60. The molecule has 0 atom stereocenters. The first-order valence-electron chi connectivity index (χ1n) is 8.50. The summed E-state index contributed by atoms with van der Waals surface area (Å²) < 4.78 is 7.38. The average molecular weight is 343 g/mol. The monoisotopic (exact) mass is 343 g/mol. The Morgan fingerprint density at radius 3 is 2.92 bits per heavy atom. The summed E-state index contributed by atoms with van der Waals surface area (Å²) in [4.78, 5) is 19.7. The van der Waals surface area contributed by atoms with Gasteiger partial charge in [-0.1, -0.05) is 5.57 Å². The van der Waals surface area contributed by atoms with Crippen molar-refractivity contribution in [3.63, 3.8) is 0 Å². The van der Waals surface area contributed by atoms with Crippen molar-refractivity contribution in [3.8, 4) is 0 Å². The number of aryl methyl sites for hydroxylation is 2. The van der Waals surface area contributed by atoms with Crippen LogP contribution in [0.3, 0.4) is 0 Å². The van der Waals surface area contributed by atoms with Gasteiger partial charge in [0.1, 0.15) is 5.82 Å². The van der Waals surface area contributed by atoms with Crippen molar-refractivity contribution in [3.05, 3.63) is 45.7 Å². The van der Waals surface area contributed by atoms with Gasteiger partial charge in [0.05, 0.1) is 6.61 Å². The number of thiophene rings is 1. The molecule has 1 saturated heterocycles. The fourth-order valence-electron chi connectivity index (χ4n) is 3.55. The Labute approximate surface area is 145 Å². The van der Waals surface area contributed by atoms with Crippen molar-refractivity contribution in [1.82, 2.24) is 14.5 Å². The van der Waals surface area contributed by atoms with E-state index in [1.807, 2.05) is 18.0 Å². The lowest BCUT2D eigenvalue weighted by molar-refractivity contribution is 0.104. The highest BCUT2D eigenvalue weighted by molar-refractivity contribution is 7.11. The smallest absolute Gasteiger partial charge is 0.409 e. The van der Waals surface area contributed by atoms with E-state index in [0.717, 1.165) is 44.7 Å². The molecule has 0 aromatic carbocycles. The average Bonchev–Trinajstić information content (AvgIpc) is 3.22. The van der Waals surface area contributed by atoms with Gasteiger partial charge in [0.2, 0.25) is 0 Å². The highest BCUT2D eigenvalue weighted by atomic mass is 32.1. The number of likely N-dealkylation sites (tertiary alicyclic amines) is 1. The quantitative estimate of drug-likeness (QED) is 0.795. The number of rotatable bonds is 1. The Bertz CT molecular complexity index is 736. The first-order valence-corrected chi connectivity index (χ1v) is 9.38. The molecule has 0 N–H and O–H groups in total. The SMILES string of the molecule is CCOC(=O)N1CCC(=C2c3sccc3CCn3ccnc32)CC1. The van der Waals surface area contributed by atoms with Gasteiger partial charge in [-0.2, -0.15) is 0 Å². The molecule has 2 aliphatic rings. The topological polar surface area (TPSA) is 47.4 Å². The molecule has 2 aromatic heterocycles. The van der Waals surface area contributed by atoms with Crippen LogP contribution in [0.2, 0.25) is 0 Å². The van der Waals surface area contributed by atoms with Gasteiger partial charge in [-0.05, 0) is 43.2 Å². The van der Waals surface area contributed by atoms with Gasteiger partial charge in [0, 0.05) is 42.5 Å². The standard InChI is InChI=1S/C18H21N3O2S/c1-2-23-18(22)21-9-3-13(4-10-21)15-16-14(6-12-24-16)5-8-20-11-7-19-17(15)20/h6-7,11-12H,2-5,8-10H2,1H3. The number of fused-ring (bicyclic) bond motifs is 2. The van der Waals surface area contributed by atoms with Crippen molar-refractivity contribution in [2.75, 3.05) is 19.7 Å². The zero-order valence-corrected chi connectivity index (χ0v) is 14.6. The molecule has 0 unspecified atom stereocenters. The van der Waals surface area contributed by atoms with Crippen LogP contribution in [0.4, 0.5) is 4.79 Å². The van der Waals surface area contributed by atoms with Crippen molar-refractivity contribution in [2.45, 2.75) is 32.7 Å². The van der Waals surface area contributed by atoms with E-state index in [1.165, 1.54) is 21.6 Å². The number of hydrogen-bond acceptors (Lipinski definition) is 4. The molecule has 4 rings (SSSR count). The lowest BCUT2D eigenvalue weighted by Gasteiger charge is -2.29. The van der Waals surface area contributed by atoms with Gasteiger partial charge in [-0.15, -0.1) is 11.3 Å². The van der Waals surface area contributed by atoms with Gasteiger partial charge in [-0.3, -0.25) is 0 Å². The first-order chi connectivity index (χ1) is 11.8. The van der Waals surface area contributed by atoms with Crippen molar-refractivity contribution in [2.24, 2.45) is 0 Å². The molecule has 5 nitrogen and oxygen atoms in total. The normalized spacial score (nSPS) is 17.3. The van der Waals surface area contributed by atoms with Crippen molar-refractivity contribution >= 4 is 23.0 Å². The molecule has 2 aromatic rings. The van der Waals surface area contributed by atoms with Crippen LogP contribution in [0, 0.1) is 0 Å². The van der Waals surface area contributed by atoms with E-state index in [1.54, 1.807) is 11.3 Å². The molecule has 2 aliphatic heterocycles. The van der Waals surface area contributed by atoms with E-state index in [-0.39, 0.29) is 6.09 Å². The van der Waals surface area contributed by atoms with Crippen LogP contribution in [0.5, 0.6) is 0 Å². The lowest BCUT2D eigenvalue weighted by Crippen LogP contribution is -2.37. The number of carbonyl (C=O) groups excluding carboxylic acids is 1. The second-order valence-corrected chi connectivity index (χ2v) is 7.05. The second-order valence-electron chi connectivity index (χ2n) is 6.13. The van der Waals surface area contributed by atoms with E-state index in [9.17, 15) is 4.79 Å². The molecule has 4 heterocycles. The van der Waals surface area contributed by atoms with E-state index in [0.29, 0.717) is 6.61 Å². The van der Waals surface area contributed by atoms with Gasteiger partial charge in [0.15, 0.2) is 0 Å². The molecule has 24 heavy (non-hydrogen) atoms. The van der Waals surface area contributed by atoms with Gasteiger partial charge < -0.3 is 14.2 Å². The lowest BCUT2D eigenvalue weighted by atomic mass is 9.95. The Hall–Kier alpha value is -2.08. The summed E-state index contributed by atoms with van der Waals surface area (Å²) in [5, 5.41) is 2.18. The fraction of sp³-hybridized carbons (Fsp3) is 0.444. The van der Waals surface area contributed by atoms with E-state index < -0.39 is 0 Å². The summed E-state index contributed by atoms with van der Waals surface area (Å²) in [6.07, 6.45) is 6.59. The van der Waals surface area contributed by atoms with E-state index in [2.05, 4.69) is 27.2 Å². The molecule has 0 radical (unpaired) electrons. The van der Waals surface area contributed by atoms with E-state index in [4.69, 9.17) is 4.74 Å². The number of imidazole rings is 1. The molecule has 0 saturated carbocycles. The van der Waals surface area contributed by atoms with Gasteiger partial charge >= 0.3 is 6.09 Å². The summed E-state index contributed by atoms with van der Waals surface area (Å²) >= 11 is 1.81. The van der Waals surface area contributed by atoms with Gasteiger partial charge in [-0.25, -0.2) is 9.78 Å². The molecule has 0 aliphatic carbocycles. The first kappa shape index (κ1) is 15.4. The maximum Gasteiger partial charge on any atom is 0.409 e. The minimum absolute atomic E-state index is 0.194. The Balaban J connectivity index is 1.68. The zero-order chi connectivity index (χ0) is 16.5. The summed E-state index contributed by atoms with van der Waals surface area (Å²) in [7, 11) is 0. The Morgan fingerprint density at radius 2 is 2.12 bits per heavy atom. The molecule has 6 heteroatoms. The summed E-state index contributed by atoms with van der Waals surface area (Å²) in [5.74, 6) is 1.08. The summed E-state index contributed by atoms with van der Waals surface area (Å²) in [6, 6.07) is 2.24. The summed E-state index contributed by atoms with van der Waals surface area (Å²) in [5.41, 5.74) is 4.13. The molecule has 1 fully saturated rings. The van der Waals surface area contributed by atoms with Crippen LogP contribution >= 0.6 is 11.3 Å². The number of piperidine rings is 1. The second kappa shape index (κ2) is 6.43. The third-order valence-electron chi connectivity index (χ3n) is 4.78. The minimum Gasteiger partial charge on any atom is -0.450 e. The number of amides is 1. The number of ether oxygens (including phenoxy) is 1. The number of carbonyl (C=O) groups is 1. The third-order valence-corrected chi connectivity index (χ3v) is 5.76. The molecular formula is C18H21N3O2S. The number of aromatic nitrogens is 2. The largest absolute Gasteiger partial charge is 0.450 e. The summed E-state index contributed by atoms with van der Waals surface area (Å²) in [6.45, 7) is 4.70. The van der Waals surface area contributed by atoms with Crippen molar-refractivity contribution in [1.29, 1.82) is 0 Å². The molecule has 126 valence electrons. The maximum absolute atomic E-state index is 11.9. The van der Waals surface area contributed by atoms with Crippen LogP contribution in [0.1, 0.15) is 36.0 Å². The van der Waals surface area contributed by atoms with Crippen LogP contribution in [0.25, 0.3) is 5.57 Å². The number of hydrogen-bond donors (Lipinski definition) is 0. The molecule has 1 amide bonds. The maximum atomic E-state index is 11.9. The molecule has 0 spiro atoms. The van der Waals surface area contributed by atoms with E-state index >= 15 is 0 Å². The Morgan fingerprint density at radius 1 is 1.29 bits per heavy atom. The predicted molar refractivity (Wildman–Crippen MR) is 94.1 cm³/mol. The highest BCUT2D eigenvalue weighted by Gasteiger charge is 2.27. The van der Waals surface area contributed by atoms with Crippen LogP contribution in [-0.4, -0.2) is 40.2 Å². The Kier molecular flexibility index (Phi) is 4.14. The number of nitrogens with zero attached hydrogens (tertiary/aromatic N) is 3. The van der Waals surface area contributed by atoms with Crippen LogP contribution < -0.4 is 0 Å². The predicted octanol–water partition coefficient (Wildman–Crippen LogP) is 3.55. The highest BCUT2D eigenvalue weighted by Crippen LogP contribution is 2.38. The minimum atomic E-state index is -0.194. The molecule has 0 bridgehead atoms. The van der Waals surface area contributed by atoms with Crippen LogP contribution in [0.15, 0.2) is 29.4 Å². The molecular weight excluding hydrogens is 322 g/mol. The van der Waals surface area contributed by atoms with Crippen LogP contribution in [-0.2, 0) is 17.7 Å². The van der Waals surface area contributed by atoms with Crippen molar-refractivity contribution < 1.29 is 9.53 Å². The third kappa shape index (κ3) is 2.65. The zero-order valence-electron chi connectivity index (χ0n) is 13.8.